The fourth-order valence-electron chi connectivity index (χ4n) is 3.19. The molecule has 0 aromatic carbocycles. The predicted octanol–water partition coefficient (Wildman–Crippen LogP) is 3.56. The molecule has 0 amide bonds. The van der Waals surface area contributed by atoms with Crippen molar-refractivity contribution in [3.8, 4) is 0 Å². The highest BCUT2D eigenvalue weighted by Gasteiger charge is 2.20. The molecule has 1 aromatic heterocycles. The Hall–Kier alpha value is -0.830. The lowest BCUT2D eigenvalue weighted by molar-refractivity contribution is 0.385. The van der Waals surface area contributed by atoms with Gasteiger partial charge in [0.15, 0.2) is 0 Å². The zero-order chi connectivity index (χ0) is 13.7. The standard InChI is InChI=1S/C16H29N3/c1-4-17-15-8-6-5-7-14(11-15)12-16-9-10-19(18-16)13(2)3/h9-10,13-15,17H,4-8,11-12H2,1-3H3. The van der Waals surface area contributed by atoms with Crippen LogP contribution in [0.1, 0.15) is 64.6 Å². The Morgan fingerprint density at radius 3 is 2.84 bits per heavy atom. The summed E-state index contributed by atoms with van der Waals surface area (Å²) in [6, 6.07) is 3.40. The molecule has 0 bridgehead atoms. The maximum absolute atomic E-state index is 4.70. The second-order valence-corrected chi connectivity index (χ2v) is 6.23. The molecule has 3 heteroatoms. The first kappa shape index (κ1) is 14.6. The van der Waals surface area contributed by atoms with E-state index in [0.29, 0.717) is 6.04 Å². The van der Waals surface area contributed by atoms with Crippen LogP contribution in [0, 0.1) is 5.92 Å². The molecule has 2 rings (SSSR count). The van der Waals surface area contributed by atoms with Crippen LogP contribution in [0.15, 0.2) is 12.3 Å². The van der Waals surface area contributed by atoms with Gasteiger partial charge >= 0.3 is 0 Å². The molecule has 0 radical (unpaired) electrons. The fourth-order valence-corrected chi connectivity index (χ4v) is 3.19. The third-order valence-electron chi connectivity index (χ3n) is 4.22. The van der Waals surface area contributed by atoms with Gasteiger partial charge in [0.2, 0.25) is 0 Å². The molecule has 1 fully saturated rings. The van der Waals surface area contributed by atoms with Gasteiger partial charge < -0.3 is 5.32 Å². The Bertz CT molecular complexity index is 370. The van der Waals surface area contributed by atoms with E-state index in [1.807, 2.05) is 0 Å². The summed E-state index contributed by atoms with van der Waals surface area (Å²) < 4.78 is 2.08. The molecule has 1 N–H and O–H groups in total. The number of nitrogens with zero attached hydrogens (tertiary/aromatic N) is 2. The van der Waals surface area contributed by atoms with Gasteiger partial charge in [-0.2, -0.15) is 5.10 Å². The molecule has 108 valence electrons. The van der Waals surface area contributed by atoms with Crippen LogP contribution in [0.4, 0.5) is 0 Å². The minimum Gasteiger partial charge on any atom is -0.314 e. The van der Waals surface area contributed by atoms with Gasteiger partial charge in [-0.1, -0.05) is 26.2 Å². The molecule has 1 aliphatic rings. The van der Waals surface area contributed by atoms with E-state index in [0.717, 1.165) is 24.9 Å². The third kappa shape index (κ3) is 4.34. The summed E-state index contributed by atoms with van der Waals surface area (Å²) in [5.41, 5.74) is 1.27. The molecule has 19 heavy (non-hydrogen) atoms. The van der Waals surface area contributed by atoms with E-state index in [9.17, 15) is 0 Å². The molecule has 2 atom stereocenters. The number of hydrogen-bond acceptors (Lipinski definition) is 2. The zero-order valence-corrected chi connectivity index (χ0v) is 12.7. The van der Waals surface area contributed by atoms with Crippen LogP contribution in [0.3, 0.4) is 0 Å². The second-order valence-electron chi connectivity index (χ2n) is 6.23. The summed E-state index contributed by atoms with van der Waals surface area (Å²) >= 11 is 0. The quantitative estimate of drug-likeness (QED) is 0.823. The van der Waals surface area contributed by atoms with Crippen molar-refractivity contribution in [3.63, 3.8) is 0 Å². The van der Waals surface area contributed by atoms with Gasteiger partial charge in [-0.3, -0.25) is 4.68 Å². The molecule has 0 spiro atoms. The Morgan fingerprint density at radius 2 is 2.16 bits per heavy atom. The van der Waals surface area contributed by atoms with E-state index in [2.05, 4.69) is 43.0 Å². The topological polar surface area (TPSA) is 29.9 Å². The van der Waals surface area contributed by atoms with Crippen molar-refractivity contribution < 1.29 is 0 Å². The summed E-state index contributed by atoms with van der Waals surface area (Å²) in [4.78, 5) is 0. The molecule has 0 aliphatic heterocycles. The summed E-state index contributed by atoms with van der Waals surface area (Å²) in [6.07, 6.45) is 10.1. The summed E-state index contributed by atoms with van der Waals surface area (Å²) in [5, 5.41) is 8.34. The van der Waals surface area contributed by atoms with Crippen molar-refractivity contribution in [2.75, 3.05) is 6.54 Å². The van der Waals surface area contributed by atoms with Crippen LogP contribution in [0.25, 0.3) is 0 Å². The van der Waals surface area contributed by atoms with Gasteiger partial charge in [-0.15, -0.1) is 0 Å². The van der Waals surface area contributed by atoms with Gasteiger partial charge in [0, 0.05) is 18.3 Å². The van der Waals surface area contributed by atoms with Gasteiger partial charge in [-0.05, 0) is 51.6 Å². The molecular formula is C16H29N3. The lowest BCUT2D eigenvalue weighted by atomic mass is 9.93. The predicted molar refractivity (Wildman–Crippen MR) is 80.4 cm³/mol. The van der Waals surface area contributed by atoms with E-state index in [1.165, 1.54) is 37.8 Å². The number of hydrogen-bond donors (Lipinski definition) is 1. The maximum atomic E-state index is 4.70. The Labute approximate surface area is 117 Å². The van der Waals surface area contributed by atoms with Gasteiger partial charge in [0.05, 0.1) is 5.69 Å². The van der Waals surface area contributed by atoms with Crippen LogP contribution >= 0.6 is 0 Å². The first-order valence-corrected chi connectivity index (χ1v) is 7.96. The summed E-state index contributed by atoms with van der Waals surface area (Å²) in [5.74, 6) is 0.807. The lowest BCUT2D eigenvalue weighted by Crippen LogP contribution is -2.30. The molecular weight excluding hydrogens is 234 g/mol. The minimum atomic E-state index is 0.470. The fraction of sp³-hybridized carbons (Fsp3) is 0.812. The van der Waals surface area contributed by atoms with Crippen LogP contribution in [0.5, 0.6) is 0 Å². The molecule has 2 unspecified atom stereocenters. The van der Waals surface area contributed by atoms with Crippen LogP contribution < -0.4 is 5.32 Å². The highest BCUT2D eigenvalue weighted by atomic mass is 15.3. The minimum absolute atomic E-state index is 0.470. The van der Waals surface area contributed by atoms with Gasteiger partial charge in [-0.25, -0.2) is 0 Å². The first-order valence-electron chi connectivity index (χ1n) is 7.96. The Balaban J connectivity index is 1.92. The Kier molecular flexibility index (Phi) is 5.44. The van der Waals surface area contributed by atoms with Crippen LogP contribution in [0.2, 0.25) is 0 Å². The highest BCUT2D eigenvalue weighted by molar-refractivity contribution is 5.01. The number of nitrogens with one attached hydrogen (secondary N) is 1. The van der Waals surface area contributed by atoms with Crippen molar-refractivity contribution in [2.24, 2.45) is 5.92 Å². The van der Waals surface area contributed by atoms with Crippen molar-refractivity contribution in [1.29, 1.82) is 0 Å². The van der Waals surface area contributed by atoms with E-state index >= 15 is 0 Å². The van der Waals surface area contributed by atoms with E-state index in [4.69, 9.17) is 5.10 Å². The molecule has 1 heterocycles. The summed E-state index contributed by atoms with van der Waals surface area (Å²) in [6.45, 7) is 7.68. The van der Waals surface area contributed by atoms with Gasteiger partial charge in [0.1, 0.15) is 0 Å². The molecule has 1 aliphatic carbocycles. The molecule has 1 aromatic rings. The van der Waals surface area contributed by atoms with Gasteiger partial charge in [0.25, 0.3) is 0 Å². The first-order chi connectivity index (χ1) is 9.19. The summed E-state index contributed by atoms with van der Waals surface area (Å²) in [7, 11) is 0. The SMILES string of the molecule is CCNC1CCCCC(Cc2ccn(C(C)C)n2)C1. The monoisotopic (exact) mass is 263 g/mol. The maximum Gasteiger partial charge on any atom is 0.0627 e. The van der Waals surface area contributed by atoms with Crippen molar-refractivity contribution >= 4 is 0 Å². The number of aromatic nitrogens is 2. The van der Waals surface area contributed by atoms with Crippen LogP contribution in [-0.4, -0.2) is 22.4 Å². The van der Waals surface area contributed by atoms with E-state index < -0.39 is 0 Å². The molecule has 3 nitrogen and oxygen atoms in total. The van der Waals surface area contributed by atoms with Crippen molar-refractivity contribution in [3.05, 3.63) is 18.0 Å². The van der Waals surface area contributed by atoms with Crippen LogP contribution in [-0.2, 0) is 6.42 Å². The second kappa shape index (κ2) is 7.09. The average molecular weight is 263 g/mol. The van der Waals surface area contributed by atoms with Crippen molar-refractivity contribution in [2.45, 2.75) is 71.4 Å². The van der Waals surface area contributed by atoms with E-state index in [-0.39, 0.29) is 0 Å². The zero-order valence-electron chi connectivity index (χ0n) is 12.7. The number of rotatable bonds is 5. The third-order valence-corrected chi connectivity index (χ3v) is 4.22. The highest BCUT2D eigenvalue weighted by Crippen LogP contribution is 2.26. The van der Waals surface area contributed by atoms with E-state index in [1.54, 1.807) is 0 Å². The largest absolute Gasteiger partial charge is 0.314 e. The average Bonchev–Trinajstić information content (AvgIpc) is 2.72. The Morgan fingerprint density at radius 1 is 1.37 bits per heavy atom. The molecule has 0 saturated heterocycles. The normalized spacial score (nSPS) is 24.6. The molecule has 1 saturated carbocycles. The smallest absolute Gasteiger partial charge is 0.0627 e. The van der Waals surface area contributed by atoms with Crippen molar-refractivity contribution in [1.82, 2.24) is 15.1 Å². The lowest BCUT2D eigenvalue weighted by Gasteiger charge is -2.20.